The monoisotopic (exact) mass is 490 g/mol. The lowest BCUT2D eigenvalue weighted by Gasteiger charge is -2.16. The molecule has 0 saturated carbocycles. The number of benzene rings is 2. The van der Waals surface area contributed by atoms with E-state index in [9.17, 15) is 10.2 Å². The van der Waals surface area contributed by atoms with E-state index in [-0.39, 0.29) is 25.3 Å². The number of nitrogens with zero attached hydrogens (tertiary/aromatic N) is 4. The topological polar surface area (TPSA) is 128 Å². The van der Waals surface area contributed by atoms with Crippen molar-refractivity contribution in [3.05, 3.63) is 66.0 Å². The molecule has 2 atom stereocenters. The molecule has 0 aliphatic rings. The molecule has 9 nitrogen and oxygen atoms in total. The highest BCUT2D eigenvalue weighted by Gasteiger charge is 2.16. The van der Waals surface area contributed by atoms with E-state index in [1.165, 1.54) is 0 Å². The van der Waals surface area contributed by atoms with Crippen molar-refractivity contribution in [3.8, 4) is 11.1 Å². The van der Waals surface area contributed by atoms with E-state index < -0.39 is 6.10 Å². The first-order chi connectivity index (χ1) is 17.4. The second-order valence-corrected chi connectivity index (χ2v) is 9.12. The van der Waals surface area contributed by atoms with Gasteiger partial charge < -0.3 is 30.5 Å². The zero-order valence-corrected chi connectivity index (χ0v) is 20.9. The molecule has 0 saturated heterocycles. The fraction of sp³-hybridized carbons (Fsp3) is 0.370. The van der Waals surface area contributed by atoms with Gasteiger partial charge in [-0.3, -0.25) is 0 Å². The smallest absolute Gasteiger partial charge is 0.227 e. The number of aromatic nitrogens is 4. The third kappa shape index (κ3) is 5.64. The summed E-state index contributed by atoms with van der Waals surface area (Å²) in [6, 6.07) is 15.8. The predicted octanol–water partition coefficient (Wildman–Crippen LogP) is 3.89. The Balaban J connectivity index is 1.53. The average molecular weight is 491 g/mol. The SMILES string of the molecule is CC[C@H](CO)Nc1nc(NCc2ccc(-c3ccc(C(O)CO)cc3)cc2)c2ncn(C(C)C)c2n1. The van der Waals surface area contributed by atoms with Gasteiger partial charge in [-0.15, -0.1) is 0 Å². The number of rotatable bonds is 11. The van der Waals surface area contributed by atoms with Crippen LogP contribution in [0.4, 0.5) is 11.8 Å². The fourth-order valence-electron chi connectivity index (χ4n) is 3.95. The molecule has 0 bridgehead atoms. The van der Waals surface area contributed by atoms with Gasteiger partial charge in [0.15, 0.2) is 17.0 Å². The van der Waals surface area contributed by atoms with Gasteiger partial charge in [0.05, 0.1) is 25.6 Å². The van der Waals surface area contributed by atoms with Gasteiger partial charge >= 0.3 is 0 Å². The van der Waals surface area contributed by atoms with E-state index in [0.717, 1.165) is 28.8 Å². The molecule has 5 N–H and O–H groups in total. The van der Waals surface area contributed by atoms with Gasteiger partial charge in [0, 0.05) is 12.6 Å². The van der Waals surface area contributed by atoms with Crippen molar-refractivity contribution in [2.24, 2.45) is 0 Å². The summed E-state index contributed by atoms with van der Waals surface area (Å²) in [5, 5.41) is 35.1. The molecule has 2 aromatic heterocycles. The highest BCUT2D eigenvalue weighted by Crippen LogP contribution is 2.26. The Morgan fingerprint density at radius 1 is 0.917 bits per heavy atom. The Hall–Kier alpha value is -3.53. The van der Waals surface area contributed by atoms with E-state index in [1.807, 2.05) is 35.8 Å². The molecule has 0 spiro atoms. The van der Waals surface area contributed by atoms with Crippen molar-refractivity contribution in [2.75, 3.05) is 23.8 Å². The lowest BCUT2D eigenvalue weighted by molar-refractivity contribution is 0.0956. The largest absolute Gasteiger partial charge is 0.394 e. The second kappa shape index (κ2) is 11.5. The number of imidazole rings is 1. The average Bonchev–Trinajstić information content (AvgIpc) is 3.35. The second-order valence-electron chi connectivity index (χ2n) is 9.12. The maximum atomic E-state index is 9.77. The van der Waals surface area contributed by atoms with Crippen molar-refractivity contribution in [1.82, 2.24) is 19.5 Å². The Morgan fingerprint density at radius 2 is 1.58 bits per heavy atom. The van der Waals surface area contributed by atoms with Gasteiger partial charge in [0.25, 0.3) is 0 Å². The highest BCUT2D eigenvalue weighted by atomic mass is 16.3. The van der Waals surface area contributed by atoms with E-state index >= 15 is 0 Å². The van der Waals surface area contributed by atoms with Crippen LogP contribution >= 0.6 is 0 Å². The number of nitrogens with one attached hydrogen (secondary N) is 2. The van der Waals surface area contributed by atoms with Gasteiger partial charge in [0.1, 0.15) is 6.10 Å². The van der Waals surface area contributed by atoms with Gasteiger partial charge in [0.2, 0.25) is 5.95 Å². The molecule has 0 fully saturated rings. The summed E-state index contributed by atoms with van der Waals surface area (Å²) in [4.78, 5) is 13.9. The third-order valence-corrected chi connectivity index (χ3v) is 6.24. The van der Waals surface area contributed by atoms with Crippen molar-refractivity contribution in [3.63, 3.8) is 0 Å². The minimum atomic E-state index is -0.861. The molecule has 36 heavy (non-hydrogen) atoms. The molecule has 190 valence electrons. The summed E-state index contributed by atoms with van der Waals surface area (Å²) in [5.74, 6) is 1.09. The van der Waals surface area contributed by atoms with Gasteiger partial charge in [-0.25, -0.2) is 4.98 Å². The molecular weight excluding hydrogens is 456 g/mol. The van der Waals surface area contributed by atoms with Gasteiger partial charge in [-0.2, -0.15) is 9.97 Å². The van der Waals surface area contributed by atoms with E-state index in [2.05, 4.69) is 63.7 Å². The van der Waals surface area contributed by atoms with E-state index in [4.69, 9.17) is 5.11 Å². The van der Waals surface area contributed by atoms with Crippen LogP contribution in [0, 0.1) is 0 Å². The molecule has 0 aliphatic heterocycles. The summed E-state index contributed by atoms with van der Waals surface area (Å²) in [5.41, 5.74) is 5.31. The van der Waals surface area contributed by atoms with Gasteiger partial charge in [-0.05, 0) is 42.5 Å². The van der Waals surface area contributed by atoms with Gasteiger partial charge in [-0.1, -0.05) is 55.5 Å². The first-order valence-electron chi connectivity index (χ1n) is 12.3. The molecule has 9 heteroatoms. The minimum Gasteiger partial charge on any atom is -0.394 e. The summed E-state index contributed by atoms with van der Waals surface area (Å²) in [6.45, 7) is 6.42. The first kappa shape index (κ1) is 25.6. The van der Waals surface area contributed by atoms with E-state index in [0.29, 0.717) is 29.4 Å². The molecule has 2 aromatic carbocycles. The van der Waals surface area contributed by atoms with Crippen LogP contribution in [0.3, 0.4) is 0 Å². The zero-order chi connectivity index (χ0) is 25.7. The molecule has 0 amide bonds. The Labute approximate surface area is 210 Å². The van der Waals surface area contributed by atoms with Crippen molar-refractivity contribution < 1.29 is 15.3 Å². The Kier molecular flexibility index (Phi) is 8.14. The van der Waals surface area contributed by atoms with Crippen LogP contribution in [-0.4, -0.2) is 54.1 Å². The van der Waals surface area contributed by atoms with Crippen LogP contribution < -0.4 is 10.6 Å². The van der Waals surface area contributed by atoms with Crippen LogP contribution in [0.15, 0.2) is 54.9 Å². The standard InChI is InChI=1S/C27H34N6O3/c1-4-22(14-34)30-27-31-25(24-26(32-27)33(16-29-24)17(2)3)28-13-18-5-7-19(8-6-18)20-9-11-21(12-10-20)23(36)15-35/h5-12,16-17,22-23,34-36H,4,13-15H2,1-3H3,(H2,28,30,31,32)/t22-,23?/m1/s1. The molecule has 0 radical (unpaired) electrons. The van der Waals surface area contributed by atoms with Crippen LogP contribution in [0.25, 0.3) is 22.3 Å². The summed E-state index contributed by atoms with van der Waals surface area (Å²) >= 11 is 0. The molecule has 4 rings (SSSR count). The van der Waals surface area contributed by atoms with Crippen LogP contribution in [0.2, 0.25) is 0 Å². The maximum Gasteiger partial charge on any atom is 0.227 e. The molecule has 2 heterocycles. The summed E-state index contributed by atoms with van der Waals surface area (Å²) < 4.78 is 2.01. The molecular formula is C27H34N6O3. The number of aliphatic hydroxyl groups is 3. The van der Waals surface area contributed by atoms with E-state index in [1.54, 1.807) is 6.33 Å². The van der Waals surface area contributed by atoms with Crippen LogP contribution in [-0.2, 0) is 6.54 Å². The predicted molar refractivity (Wildman–Crippen MR) is 142 cm³/mol. The van der Waals surface area contributed by atoms with Crippen LogP contribution in [0.1, 0.15) is 50.5 Å². The third-order valence-electron chi connectivity index (χ3n) is 6.24. The number of fused-ring (bicyclic) bond motifs is 1. The molecule has 4 aromatic rings. The number of hydrogen-bond acceptors (Lipinski definition) is 8. The number of anilines is 2. The summed E-state index contributed by atoms with van der Waals surface area (Å²) in [7, 11) is 0. The number of hydrogen-bond donors (Lipinski definition) is 5. The Morgan fingerprint density at radius 3 is 2.17 bits per heavy atom. The van der Waals surface area contributed by atoms with Crippen molar-refractivity contribution >= 4 is 22.9 Å². The minimum absolute atomic E-state index is 0.00118. The normalized spacial score (nSPS) is 13.2. The maximum absolute atomic E-state index is 9.77. The number of aliphatic hydroxyl groups excluding tert-OH is 3. The summed E-state index contributed by atoms with van der Waals surface area (Å²) in [6.07, 6.45) is 1.67. The quantitative estimate of drug-likeness (QED) is 0.214. The first-order valence-corrected chi connectivity index (χ1v) is 12.3. The highest BCUT2D eigenvalue weighted by molar-refractivity contribution is 5.84. The van der Waals surface area contributed by atoms with Crippen LogP contribution in [0.5, 0.6) is 0 Å². The van der Waals surface area contributed by atoms with Crippen molar-refractivity contribution in [2.45, 2.75) is 51.9 Å². The lowest BCUT2D eigenvalue weighted by atomic mass is 10.0. The molecule has 1 unspecified atom stereocenters. The fourth-order valence-corrected chi connectivity index (χ4v) is 3.95. The lowest BCUT2D eigenvalue weighted by Crippen LogP contribution is -2.24. The molecule has 0 aliphatic carbocycles. The van der Waals surface area contributed by atoms with Crippen molar-refractivity contribution in [1.29, 1.82) is 0 Å². The zero-order valence-electron chi connectivity index (χ0n) is 20.9. The Bertz CT molecular complexity index is 1270.